The smallest absolute Gasteiger partial charge is 0.145 e. The van der Waals surface area contributed by atoms with Crippen LogP contribution in [0.15, 0.2) is 5.18 Å². The number of aliphatic hydroxyl groups excluding tert-OH is 3. The summed E-state index contributed by atoms with van der Waals surface area (Å²) in [7, 11) is 0. The second-order valence-corrected chi connectivity index (χ2v) is 2.09. The normalized spacial score (nSPS) is 19.6. The van der Waals surface area contributed by atoms with Crippen molar-refractivity contribution in [2.75, 3.05) is 6.61 Å². The first-order valence-electron chi connectivity index (χ1n) is 2.93. The molecule has 0 aliphatic heterocycles. The molecule has 10 heavy (non-hydrogen) atoms. The van der Waals surface area contributed by atoms with Crippen LogP contribution in [0.5, 0.6) is 0 Å². The minimum Gasteiger partial charge on any atom is -0.394 e. The highest BCUT2D eigenvalue weighted by Crippen LogP contribution is 2.03. The van der Waals surface area contributed by atoms with Crippen molar-refractivity contribution in [3.8, 4) is 0 Å². The van der Waals surface area contributed by atoms with E-state index in [2.05, 4.69) is 5.18 Å². The first-order chi connectivity index (χ1) is 4.63. The summed E-state index contributed by atoms with van der Waals surface area (Å²) in [6.45, 7) is 0.756. The van der Waals surface area contributed by atoms with E-state index in [9.17, 15) is 4.91 Å². The Morgan fingerprint density at radius 1 is 1.50 bits per heavy atom. The Bertz CT molecular complexity index is 106. The Morgan fingerprint density at radius 3 is 2.10 bits per heavy atom. The van der Waals surface area contributed by atoms with Crippen molar-refractivity contribution in [2.24, 2.45) is 5.18 Å². The fraction of sp³-hybridized carbons (Fsp3) is 1.00. The van der Waals surface area contributed by atoms with Crippen molar-refractivity contribution in [2.45, 2.75) is 25.2 Å². The highest BCUT2D eigenvalue weighted by atomic mass is 16.3. The van der Waals surface area contributed by atoms with E-state index in [0.717, 1.165) is 0 Å². The van der Waals surface area contributed by atoms with Gasteiger partial charge >= 0.3 is 0 Å². The van der Waals surface area contributed by atoms with Crippen LogP contribution in [0.3, 0.4) is 0 Å². The molecule has 5 nitrogen and oxygen atoms in total. The molecule has 0 aliphatic carbocycles. The van der Waals surface area contributed by atoms with Crippen LogP contribution < -0.4 is 0 Å². The van der Waals surface area contributed by atoms with Crippen molar-refractivity contribution in [3.05, 3.63) is 4.91 Å². The largest absolute Gasteiger partial charge is 0.394 e. The number of rotatable bonds is 4. The number of nitrogens with zero attached hydrogens (tertiary/aromatic N) is 1. The number of hydrogen-bond acceptors (Lipinski definition) is 5. The molecule has 0 spiro atoms. The standard InChI is InChI=1S/C5H11NO4/c1-3(8)5(6-10)4(9)2-7/h3-5,7-9H,2H2,1H3. The maximum Gasteiger partial charge on any atom is 0.145 e. The van der Waals surface area contributed by atoms with Crippen LogP contribution in [0.4, 0.5) is 0 Å². The summed E-state index contributed by atoms with van der Waals surface area (Å²) in [5.41, 5.74) is 0. The van der Waals surface area contributed by atoms with Crippen molar-refractivity contribution in [1.29, 1.82) is 0 Å². The van der Waals surface area contributed by atoms with Gasteiger partial charge in [-0.3, -0.25) is 0 Å². The van der Waals surface area contributed by atoms with Crippen LogP contribution in [-0.4, -0.2) is 40.2 Å². The lowest BCUT2D eigenvalue weighted by molar-refractivity contribution is 0.0282. The predicted molar refractivity (Wildman–Crippen MR) is 34.4 cm³/mol. The van der Waals surface area contributed by atoms with Gasteiger partial charge in [0.1, 0.15) is 12.1 Å². The molecule has 0 rings (SSSR count). The molecule has 3 N–H and O–H groups in total. The molecule has 0 aromatic rings. The number of aliphatic hydroxyl groups is 3. The molecule has 0 fully saturated rings. The van der Waals surface area contributed by atoms with E-state index in [1.54, 1.807) is 0 Å². The fourth-order valence-corrected chi connectivity index (χ4v) is 0.588. The highest BCUT2D eigenvalue weighted by molar-refractivity contribution is 4.78. The van der Waals surface area contributed by atoms with Crippen molar-refractivity contribution in [1.82, 2.24) is 0 Å². The summed E-state index contributed by atoms with van der Waals surface area (Å²) >= 11 is 0. The summed E-state index contributed by atoms with van der Waals surface area (Å²) in [4.78, 5) is 9.87. The SMILES string of the molecule is CC(O)C(N=O)C(O)CO. The molecule has 3 unspecified atom stereocenters. The third-order valence-corrected chi connectivity index (χ3v) is 1.20. The highest BCUT2D eigenvalue weighted by Gasteiger charge is 2.23. The summed E-state index contributed by atoms with van der Waals surface area (Å²) in [6, 6.07) is -1.13. The minimum atomic E-state index is -1.27. The van der Waals surface area contributed by atoms with Crippen molar-refractivity contribution in [3.63, 3.8) is 0 Å². The topological polar surface area (TPSA) is 90.1 Å². The van der Waals surface area contributed by atoms with Gasteiger partial charge in [0.2, 0.25) is 0 Å². The average Bonchev–Trinajstić information content (AvgIpc) is 1.88. The predicted octanol–water partition coefficient (Wildman–Crippen LogP) is -1.14. The zero-order valence-electron chi connectivity index (χ0n) is 5.64. The molecular weight excluding hydrogens is 138 g/mol. The molecule has 0 saturated heterocycles. The maximum atomic E-state index is 9.87. The van der Waals surface area contributed by atoms with E-state index >= 15 is 0 Å². The zero-order chi connectivity index (χ0) is 8.15. The summed E-state index contributed by atoms with van der Waals surface area (Å²) in [5, 5.41) is 28.3. The molecular formula is C5H11NO4. The van der Waals surface area contributed by atoms with E-state index in [1.165, 1.54) is 6.92 Å². The Labute approximate surface area is 58.3 Å². The minimum absolute atomic E-state index is 0.568. The molecule has 0 heterocycles. The molecule has 0 aromatic carbocycles. The van der Waals surface area contributed by atoms with Gasteiger partial charge in [-0.15, -0.1) is 0 Å². The molecule has 0 aliphatic rings. The van der Waals surface area contributed by atoms with Crippen LogP contribution in [0.1, 0.15) is 6.92 Å². The van der Waals surface area contributed by atoms with Gasteiger partial charge in [0.05, 0.1) is 12.7 Å². The first-order valence-corrected chi connectivity index (χ1v) is 2.93. The molecule has 3 atom stereocenters. The van der Waals surface area contributed by atoms with Crippen molar-refractivity contribution < 1.29 is 15.3 Å². The van der Waals surface area contributed by atoms with Gasteiger partial charge in [-0.05, 0) is 6.92 Å². The van der Waals surface area contributed by atoms with Gasteiger partial charge in [-0.1, -0.05) is 5.18 Å². The van der Waals surface area contributed by atoms with Gasteiger partial charge in [-0.2, -0.15) is 4.91 Å². The second kappa shape index (κ2) is 4.32. The lowest BCUT2D eigenvalue weighted by Gasteiger charge is -2.15. The van der Waals surface area contributed by atoms with E-state index < -0.39 is 24.9 Å². The Hall–Kier alpha value is -0.520. The molecule has 0 saturated carbocycles. The first kappa shape index (κ1) is 9.48. The lowest BCUT2D eigenvalue weighted by atomic mass is 10.1. The number of nitroso groups, excluding NO2 is 1. The molecule has 0 radical (unpaired) electrons. The Morgan fingerprint density at radius 2 is 2.00 bits per heavy atom. The molecule has 60 valence electrons. The van der Waals surface area contributed by atoms with Gasteiger partial charge < -0.3 is 15.3 Å². The average molecular weight is 149 g/mol. The van der Waals surface area contributed by atoms with Crippen LogP contribution in [-0.2, 0) is 0 Å². The van der Waals surface area contributed by atoms with Gasteiger partial charge in [-0.25, -0.2) is 0 Å². The zero-order valence-corrected chi connectivity index (χ0v) is 5.64. The maximum absolute atomic E-state index is 9.87. The fourth-order valence-electron chi connectivity index (χ4n) is 0.588. The Balaban J connectivity index is 3.92. The van der Waals surface area contributed by atoms with E-state index in [-0.39, 0.29) is 0 Å². The van der Waals surface area contributed by atoms with Crippen molar-refractivity contribution >= 4 is 0 Å². The Kier molecular flexibility index (Phi) is 4.10. The van der Waals surface area contributed by atoms with Gasteiger partial charge in [0.25, 0.3) is 0 Å². The van der Waals surface area contributed by atoms with E-state index in [4.69, 9.17) is 15.3 Å². The molecule has 5 heteroatoms. The summed E-state index contributed by atoms with van der Waals surface area (Å²) in [5.74, 6) is 0. The number of hydrogen-bond donors (Lipinski definition) is 3. The van der Waals surface area contributed by atoms with Crippen LogP contribution in [0.2, 0.25) is 0 Å². The molecule has 0 amide bonds. The van der Waals surface area contributed by atoms with Crippen LogP contribution in [0.25, 0.3) is 0 Å². The van der Waals surface area contributed by atoms with E-state index in [0.29, 0.717) is 0 Å². The van der Waals surface area contributed by atoms with Crippen LogP contribution in [0, 0.1) is 4.91 Å². The second-order valence-electron chi connectivity index (χ2n) is 2.09. The van der Waals surface area contributed by atoms with E-state index in [1.807, 2.05) is 0 Å². The van der Waals surface area contributed by atoms with Crippen LogP contribution >= 0.6 is 0 Å². The molecule has 0 aromatic heterocycles. The third-order valence-electron chi connectivity index (χ3n) is 1.20. The van der Waals surface area contributed by atoms with Gasteiger partial charge in [0, 0.05) is 0 Å². The summed E-state index contributed by atoms with van der Waals surface area (Å²) in [6.07, 6.45) is -2.29. The summed E-state index contributed by atoms with van der Waals surface area (Å²) < 4.78 is 0. The molecule has 0 bridgehead atoms. The van der Waals surface area contributed by atoms with Gasteiger partial charge in [0.15, 0.2) is 0 Å². The quantitative estimate of drug-likeness (QED) is 0.440. The monoisotopic (exact) mass is 149 g/mol. The lowest BCUT2D eigenvalue weighted by Crippen LogP contribution is -2.36. The third kappa shape index (κ3) is 2.38.